The van der Waals surface area contributed by atoms with Crippen LogP contribution in [0.15, 0.2) is 53.2 Å². The fraction of sp³-hybridized carbons (Fsp3) is 0.0588. The second kappa shape index (κ2) is 5.69. The molecule has 0 N–H and O–H groups in total. The van der Waals surface area contributed by atoms with Crippen LogP contribution in [0.3, 0.4) is 0 Å². The largest absolute Gasteiger partial charge is 0.454 e. The number of cyclic esters (lactones) is 1. The molecule has 0 aliphatic carbocycles. The summed E-state index contributed by atoms with van der Waals surface area (Å²) in [7, 11) is 0. The normalized spacial score (nSPS) is 17.3. The van der Waals surface area contributed by atoms with Gasteiger partial charge in [-0.3, -0.25) is 0 Å². The molecule has 0 spiro atoms. The molecule has 114 valence electrons. The van der Waals surface area contributed by atoms with Crippen molar-refractivity contribution in [3.8, 4) is 11.5 Å². The maximum atomic E-state index is 12.0. The number of rotatable bonds is 2. The summed E-state index contributed by atoms with van der Waals surface area (Å²) in [5, 5.41) is 0. The number of aliphatic imine (C=N–C) groups is 1. The van der Waals surface area contributed by atoms with Gasteiger partial charge in [0.1, 0.15) is 0 Å². The number of esters is 1. The molecule has 2 aromatic rings. The predicted octanol–water partition coefficient (Wildman–Crippen LogP) is 3.36. The third-order valence-corrected chi connectivity index (χ3v) is 4.06. The van der Waals surface area contributed by atoms with E-state index in [4.69, 9.17) is 14.2 Å². The van der Waals surface area contributed by atoms with E-state index >= 15 is 0 Å². The summed E-state index contributed by atoms with van der Waals surface area (Å²) in [6, 6.07) is 13.1. The van der Waals surface area contributed by atoms with Crippen molar-refractivity contribution in [1.29, 1.82) is 0 Å². The van der Waals surface area contributed by atoms with E-state index in [0.717, 1.165) is 14.7 Å². The van der Waals surface area contributed by atoms with Crippen molar-refractivity contribution in [3.63, 3.8) is 0 Å². The Labute approximate surface area is 145 Å². The Morgan fingerprint density at radius 2 is 1.96 bits per heavy atom. The van der Waals surface area contributed by atoms with Gasteiger partial charge in [0.25, 0.3) is 0 Å². The first-order valence-corrected chi connectivity index (χ1v) is 7.95. The SMILES string of the molecule is O=C1OC(c2cccc(I)c2)=NC1=Cc1ccc2c(c1)OCO2. The van der Waals surface area contributed by atoms with Gasteiger partial charge in [-0.2, -0.15) is 0 Å². The smallest absolute Gasteiger partial charge is 0.363 e. The minimum absolute atomic E-state index is 0.215. The lowest BCUT2D eigenvalue weighted by atomic mass is 10.1. The number of benzene rings is 2. The Balaban J connectivity index is 1.67. The van der Waals surface area contributed by atoms with Gasteiger partial charge in [-0.15, -0.1) is 0 Å². The first-order valence-electron chi connectivity index (χ1n) is 6.87. The average molecular weight is 419 g/mol. The number of hydrogen-bond donors (Lipinski definition) is 0. The van der Waals surface area contributed by atoms with Crippen LogP contribution in [-0.2, 0) is 9.53 Å². The molecule has 2 aliphatic heterocycles. The monoisotopic (exact) mass is 419 g/mol. The van der Waals surface area contributed by atoms with Gasteiger partial charge in [-0.25, -0.2) is 9.79 Å². The van der Waals surface area contributed by atoms with Crippen molar-refractivity contribution in [1.82, 2.24) is 0 Å². The number of fused-ring (bicyclic) bond motifs is 1. The fourth-order valence-electron chi connectivity index (χ4n) is 2.31. The Bertz CT molecular complexity index is 873. The molecule has 23 heavy (non-hydrogen) atoms. The summed E-state index contributed by atoms with van der Waals surface area (Å²) < 4.78 is 16.9. The van der Waals surface area contributed by atoms with Crippen LogP contribution in [0.2, 0.25) is 0 Å². The molecule has 0 bridgehead atoms. The van der Waals surface area contributed by atoms with E-state index in [-0.39, 0.29) is 12.5 Å². The van der Waals surface area contributed by atoms with Crippen LogP contribution < -0.4 is 9.47 Å². The maximum Gasteiger partial charge on any atom is 0.363 e. The molecule has 0 saturated carbocycles. The lowest BCUT2D eigenvalue weighted by Gasteiger charge is -1.99. The third-order valence-electron chi connectivity index (χ3n) is 3.39. The average Bonchev–Trinajstić information content (AvgIpc) is 3.14. The molecule has 0 saturated heterocycles. The Kier molecular flexibility index (Phi) is 3.53. The molecular weight excluding hydrogens is 409 g/mol. The fourth-order valence-corrected chi connectivity index (χ4v) is 2.86. The van der Waals surface area contributed by atoms with Crippen molar-refractivity contribution in [2.24, 2.45) is 4.99 Å². The molecule has 0 fully saturated rings. The Morgan fingerprint density at radius 1 is 1.09 bits per heavy atom. The minimum Gasteiger partial charge on any atom is -0.454 e. The van der Waals surface area contributed by atoms with E-state index in [9.17, 15) is 4.79 Å². The van der Waals surface area contributed by atoms with Crippen molar-refractivity contribution in [2.75, 3.05) is 6.79 Å². The highest BCUT2D eigenvalue weighted by Crippen LogP contribution is 2.33. The molecule has 0 aromatic heterocycles. The molecule has 0 amide bonds. The van der Waals surface area contributed by atoms with E-state index in [1.54, 1.807) is 12.1 Å². The molecule has 5 nitrogen and oxygen atoms in total. The van der Waals surface area contributed by atoms with E-state index < -0.39 is 5.97 Å². The molecule has 4 rings (SSSR count). The highest BCUT2D eigenvalue weighted by molar-refractivity contribution is 14.1. The minimum atomic E-state index is -0.462. The number of carbonyl (C=O) groups is 1. The predicted molar refractivity (Wildman–Crippen MR) is 92.3 cm³/mol. The summed E-state index contributed by atoms with van der Waals surface area (Å²) in [5.41, 5.74) is 1.84. The number of halogens is 1. The van der Waals surface area contributed by atoms with Gasteiger partial charge in [-0.05, 0) is 64.6 Å². The van der Waals surface area contributed by atoms with E-state index in [2.05, 4.69) is 27.6 Å². The summed E-state index contributed by atoms with van der Waals surface area (Å²) in [6.45, 7) is 0.215. The summed E-state index contributed by atoms with van der Waals surface area (Å²) in [5.74, 6) is 1.22. The number of ether oxygens (including phenoxy) is 3. The third kappa shape index (κ3) is 2.81. The quantitative estimate of drug-likeness (QED) is 0.426. The van der Waals surface area contributed by atoms with Crippen LogP contribution in [-0.4, -0.2) is 18.7 Å². The van der Waals surface area contributed by atoms with Crippen molar-refractivity contribution < 1.29 is 19.0 Å². The molecule has 2 aliphatic rings. The zero-order chi connectivity index (χ0) is 15.8. The van der Waals surface area contributed by atoms with Gasteiger partial charge < -0.3 is 14.2 Å². The molecule has 0 atom stereocenters. The highest BCUT2D eigenvalue weighted by Gasteiger charge is 2.24. The van der Waals surface area contributed by atoms with E-state index in [1.807, 2.05) is 36.4 Å². The molecule has 2 aromatic carbocycles. The van der Waals surface area contributed by atoms with Crippen LogP contribution >= 0.6 is 22.6 Å². The van der Waals surface area contributed by atoms with Crippen molar-refractivity contribution in [3.05, 3.63) is 62.9 Å². The maximum absolute atomic E-state index is 12.0. The number of carbonyl (C=O) groups excluding carboxylic acids is 1. The number of hydrogen-bond acceptors (Lipinski definition) is 5. The topological polar surface area (TPSA) is 57.1 Å². The highest BCUT2D eigenvalue weighted by atomic mass is 127. The van der Waals surface area contributed by atoms with Crippen LogP contribution in [0.25, 0.3) is 6.08 Å². The van der Waals surface area contributed by atoms with Crippen molar-refractivity contribution >= 4 is 40.5 Å². The molecule has 0 unspecified atom stereocenters. The molecular formula is C17H10INO4. The zero-order valence-corrected chi connectivity index (χ0v) is 13.9. The van der Waals surface area contributed by atoms with Gasteiger partial charge in [0.15, 0.2) is 17.2 Å². The first-order chi connectivity index (χ1) is 11.2. The second-order valence-electron chi connectivity index (χ2n) is 4.96. The van der Waals surface area contributed by atoms with Gasteiger partial charge >= 0.3 is 5.97 Å². The Morgan fingerprint density at radius 3 is 2.83 bits per heavy atom. The van der Waals surface area contributed by atoms with Gasteiger partial charge in [0.2, 0.25) is 12.7 Å². The second-order valence-corrected chi connectivity index (χ2v) is 6.20. The summed E-state index contributed by atoms with van der Waals surface area (Å²) >= 11 is 2.20. The summed E-state index contributed by atoms with van der Waals surface area (Å²) in [4.78, 5) is 16.3. The lowest BCUT2D eigenvalue weighted by Crippen LogP contribution is -2.05. The Hall–Kier alpha value is -2.35. The van der Waals surface area contributed by atoms with Crippen LogP contribution in [0, 0.1) is 3.57 Å². The van der Waals surface area contributed by atoms with E-state index in [0.29, 0.717) is 17.4 Å². The van der Waals surface area contributed by atoms with Gasteiger partial charge in [0, 0.05) is 9.13 Å². The van der Waals surface area contributed by atoms with Gasteiger partial charge in [0.05, 0.1) is 0 Å². The summed E-state index contributed by atoms with van der Waals surface area (Å²) in [6.07, 6.45) is 1.67. The van der Waals surface area contributed by atoms with Crippen LogP contribution in [0.1, 0.15) is 11.1 Å². The molecule has 6 heteroatoms. The van der Waals surface area contributed by atoms with E-state index in [1.165, 1.54) is 0 Å². The number of nitrogens with zero attached hydrogens (tertiary/aromatic N) is 1. The zero-order valence-electron chi connectivity index (χ0n) is 11.8. The molecule has 0 radical (unpaired) electrons. The molecule has 2 heterocycles. The van der Waals surface area contributed by atoms with Crippen LogP contribution in [0.5, 0.6) is 11.5 Å². The standard InChI is InChI=1S/C17H10INO4/c18-12-3-1-2-11(8-12)16-19-13(17(20)23-16)6-10-4-5-14-15(7-10)22-9-21-14/h1-8H,9H2. The van der Waals surface area contributed by atoms with Gasteiger partial charge in [-0.1, -0.05) is 12.1 Å². The first kappa shape index (κ1) is 14.3. The van der Waals surface area contributed by atoms with Crippen LogP contribution in [0.4, 0.5) is 0 Å². The van der Waals surface area contributed by atoms with Crippen molar-refractivity contribution in [2.45, 2.75) is 0 Å². The lowest BCUT2D eigenvalue weighted by molar-refractivity contribution is -0.129.